The first-order chi connectivity index (χ1) is 16.8. The summed E-state index contributed by atoms with van der Waals surface area (Å²) in [7, 11) is 3.68. The number of rotatable bonds is 6. The molecule has 8 nitrogen and oxygen atoms in total. The van der Waals surface area contributed by atoms with Crippen molar-refractivity contribution in [3.63, 3.8) is 0 Å². The van der Waals surface area contributed by atoms with Crippen LogP contribution in [0, 0.1) is 12.8 Å². The number of likely N-dealkylation sites (N-methyl/N-ethyl adjacent to an activating group) is 1. The number of piperazine rings is 1. The van der Waals surface area contributed by atoms with Gasteiger partial charge in [0.05, 0.1) is 11.6 Å². The van der Waals surface area contributed by atoms with Gasteiger partial charge in [-0.05, 0) is 51.3 Å². The summed E-state index contributed by atoms with van der Waals surface area (Å²) in [6.07, 6.45) is 5.30. The molecule has 2 heterocycles. The van der Waals surface area contributed by atoms with Crippen molar-refractivity contribution in [2.24, 2.45) is 13.0 Å². The maximum absolute atomic E-state index is 13.6. The van der Waals surface area contributed by atoms with Crippen molar-refractivity contribution in [3.8, 4) is 0 Å². The van der Waals surface area contributed by atoms with Gasteiger partial charge in [-0.2, -0.15) is 0 Å². The Morgan fingerprint density at radius 1 is 1.00 bits per heavy atom. The smallest absolute Gasteiger partial charge is 0.270 e. The Hall–Kier alpha value is -2.87. The molecule has 4 rings (SSSR count). The molecular formula is C27H39N5O3. The Bertz CT molecular complexity index is 1080. The van der Waals surface area contributed by atoms with Gasteiger partial charge in [-0.1, -0.05) is 37.5 Å². The summed E-state index contributed by atoms with van der Waals surface area (Å²) in [6.45, 7) is 5.80. The van der Waals surface area contributed by atoms with Crippen LogP contribution in [0.3, 0.4) is 0 Å². The van der Waals surface area contributed by atoms with Crippen LogP contribution in [-0.4, -0.2) is 77.4 Å². The number of nitrogens with zero attached hydrogens (tertiary/aromatic N) is 3. The van der Waals surface area contributed by atoms with Crippen LogP contribution in [0.25, 0.3) is 10.9 Å². The summed E-state index contributed by atoms with van der Waals surface area (Å²) in [6, 6.07) is 7.20. The Morgan fingerprint density at radius 3 is 2.29 bits per heavy atom. The SMILES string of the molecule is CN[C@@H](C)C(=O)N[C@H](C(=O)N1CCN(C(=O)c2cc3cccc(C)c3n2C)CC1)C1CCCCC1. The quantitative estimate of drug-likeness (QED) is 0.664. The molecule has 2 atom stereocenters. The molecule has 2 fully saturated rings. The third-order valence-corrected chi connectivity index (χ3v) is 7.87. The fraction of sp³-hybridized carbons (Fsp3) is 0.593. The van der Waals surface area contributed by atoms with Gasteiger partial charge in [-0.15, -0.1) is 0 Å². The normalized spacial score (nSPS) is 19.0. The summed E-state index contributed by atoms with van der Waals surface area (Å²) in [5.74, 6) is 0.00955. The van der Waals surface area contributed by atoms with E-state index in [4.69, 9.17) is 0 Å². The maximum Gasteiger partial charge on any atom is 0.270 e. The van der Waals surface area contributed by atoms with E-state index in [-0.39, 0.29) is 29.7 Å². The third-order valence-electron chi connectivity index (χ3n) is 7.87. The molecule has 8 heteroatoms. The van der Waals surface area contributed by atoms with Crippen LogP contribution < -0.4 is 10.6 Å². The molecule has 3 amide bonds. The van der Waals surface area contributed by atoms with E-state index in [1.807, 2.05) is 39.6 Å². The highest BCUT2D eigenvalue weighted by atomic mass is 16.2. The minimum Gasteiger partial charge on any atom is -0.343 e. The molecule has 1 aromatic heterocycles. The molecule has 2 aliphatic rings. The summed E-state index contributed by atoms with van der Waals surface area (Å²) in [5, 5.41) is 7.07. The average molecular weight is 482 g/mol. The lowest BCUT2D eigenvalue weighted by atomic mass is 9.83. The lowest BCUT2D eigenvalue weighted by Gasteiger charge is -2.39. The van der Waals surface area contributed by atoms with E-state index in [1.165, 1.54) is 6.42 Å². The van der Waals surface area contributed by atoms with Gasteiger partial charge in [0.1, 0.15) is 11.7 Å². The van der Waals surface area contributed by atoms with Crippen molar-refractivity contribution < 1.29 is 14.4 Å². The molecule has 0 spiro atoms. The second-order valence-corrected chi connectivity index (χ2v) is 10.1. The van der Waals surface area contributed by atoms with Gasteiger partial charge < -0.3 is 25.0 Å². The van der Waals surface area contributed by atoms with Crippen molar-refractivity contribution in [3.05, 3.63) is 35.5 Å². The molecule has 1 aliphatic carbocycles. The van der Waals surface area contributed by atoms with Crippen LogP contribution >= 0.6 is 0 Å². The van der Waals surface area contributed by atoms with E-state index in [0.717, 1.165) is 42.1 Å². The first-order valence-electron chi connectivity index (χ1n) is 12.9. The molecule has 0 unspecified atom stereocenters. The summed E-state index contributed by atoms with van der Waals surface area (Å²) in [4.78, 5) is 43.2. The number of fused-ring (bicyclic) bond motifs is 1. The fourth-order valence-corrected chi connectivity index (χ4v) is 5.57. The number of benzene rings is 1. The molecule has 0 radical (unpaired) electrons. The molecule has 2 N–H and O–H groups in total. The molecule has 190 valence electrons. The van der Waals surface area contributed by atoms with Crippen LogP contribution in [0.4, 0.5) is 0 Å². The molecular weight excluding hydrogens is 442 g/mol. The lowest BCUT2D eigenvalue weighted by Crippen LogP contribution is -2.59. The monoisotopic (exact) mass is 481 g/mol. The number of aromatic nitrogens is 1. The van der Waals surface area contributed by atoms with Crippen LogP contribution in [0.5, 0.6) is 0 Å². The minimum atomic E-state index is -0.498. The Balaban J connectivity index is 1.44. The predicted molar refractivity (Wildman–Crippen MR) is 137 cm³/mol. The topological polar surface area (TPSA) is 86.7 Å². The van der Waals surface area contributed by atoms with Crippen molar-refractivity contribution in [2.45, 2.75) is 58.0 Å². The van der Waals surface area contributed by atoms with Crippen LogP contribution in [0.1, 0.15) is 55.1 Å². The minimum absolute atomic E-state index is 0.00447. The van der Waals surface area contributed by atoms with E-state index in [0.29, 0.717) is 31.9 Å². The molecule has 0 bridgehead atoms. The molecule has 1 saturated heterocycles. The summed E-state index contributed by atoms with van der Waals surface area (Å²) < 4.78 is 1.97. The van der Waals surface area contributed by atoms with E-state index in [1.54, 1.807) is 14.0 Å². The highest BCUT2D eigenvalue weighted by Gasteiger charge is 2.36. The van der Waals surface area contributed by atoms with Gasteiger partial charge in [0.15, 0.2) is 0 Å². The molecule has 1 saturated carbocycles. The van der Waals surface area contributed by atoms with E-state index >= 15 is 0 Å². The first kappa shape index (κ1) is 25.2. The van der Waals surface area contributed by atoms with Gasteiger partial charge in [0.2, 0.25) is 11.8 Å². The van der Waals surface area contributed by atoms with Gasteiger partial charge in [-0.3, -0.25) is 14.4 Å². The molecule has 2 aromatic rings. The van der Waals surface area contributed by atoms with E-state index in [2.05, 4.69) is 23.6 Å². The second kappa shape index (κ2) is 10.8. The summed E-state index contributed by atoms with van der Waals surface area (Å²) in [5.41, 5.74) is 2.89. The van der Waals surface area contributed by atoms with Gasteiger partial charge in [-0.25, -0.2) is 0 Å². The molecule has 35 heavy (non-hydrogen) atoms. The Labute approximate surface area is 208 Å². The average Bonchev–Trinajstić information content (AvgIpc) is 3.23. The number of carbonyl (C=O) groups is 3. The van der Waals surface area contributed by atoms with E-state index in [9.17, 15) is 14.4 Å². The van der Waals surface area contributed by atoms with E-state index < -0.39 is 6.04 Å². The standard InChI is InChI=1S/C27H39N5O3/c1-18-9-8-12-21-17-22(30(4)24(18)21)26(34)31-13-15-32(16-14-31)27(35)23(20-10-6-5-7-11-20)29-25(33)19(2)28-3/h8-9,12,17,19-20,23,28H,5-7,10-11,13-16H2,1-4H3,(H,29,33)/t19-,23-/m0/s1. The number of aryl methyl sites for hydroxylation is 2. The number of nitrogens with one attached hydrogen (secondary N) is 2. The zero-order valence-corrected chi connectivity index (χ0v) is 21.5. The first-order valence-corrected chi connectivity index (χ1v) is 12.9. The highest BCUT2D eigenvalue weighted by molar-refractivity contribution is 5.99. The number of amides is 3. The maximum atomic E-state index is 13.6. The van der Waals surface area contributed by atoms with Crippen LogP contribution in [0.2, 0.25) is 0 Å². The van der Waals surface area contributed by atoms with Gasteiger partial charge in [0, 0.05) is 38.6 Å². The molecule has 1 aliphatic heterocycles. The zero-order valence-electron chi connectivity index (χ0n) is 21.5. The lowest BCUT2D eigenvalue weighted by molar-refractivity contribution is -0.140. The van der Waals surface area contributed by atoms with Crippen molar-refractivity contribution in [2.75, 3.05) is 33.2 Å². The number of carbonyl (C=O) groups excluding carboxylic acids is 3. The van der Waals surface area contributed by atoms with Crippen molar-refractivity contribution in [1.29, 1.82) is 0 Å². The van der Waals surface area contributed by atoms with Gasteiger partial charge in [0.25, 0.3) is 5.91 Å². The van der Waals surface area contributed by atoms with Gasteiger partial charge >= 0.3 is 0 Å². The second-order valence-electron chi connectivity index (χ2n) is 10.1. The number of hydrogen-bond donors (Lipinski definition) is 2. The zero-order chi connectivity index (χ0) is 25.1. The third kappa shape index (κ3) is 5.22. The van der Waals surface area contributed by atoms with Crippen LogP contribution in [-0.2, 0) is 16.6 Å². The predicted octanol–water partition coefficient (Wildman–Crippen LogP) is 2.44. The number of hydrogen-bond acceptors (Lipinski definition) is 4. The Kier molecular flexibility index (Phi) is 7.79. The summed E-state index contributed by atoms with van der Waals surface area (Å²) >= 11 is 0. The largest absolute Gasteiger partial charge is 0.343 e. The highest BCUT2D eigenvalue weighted by Crippen LogP contribution is 2.28. The van der Waals surface area contributed by atoms with Crippen molar-refractivity contribution >= 4 is 28.6 Å². The Morgan fingerprint density at radius 2 is 1.66 bits per heavy atom. The fourth-order valence-electron chi connectivity index (χ4n) is 5.57. The van der Waals surface area contributed by atoms with Crippen molar-refractivity contribution in [1.82, 2.24) is 25.0 Å². The van der Waals surface area contributed by atoms with Crippen LogP contribution in [0.15, 0.2) is 24.3 Å². The number of para-hydroxylation sites is 1. The molecule has 1 aromatic carbocycles.